The fourth-order valence-electron chi connectivity index (χ4n) is 3.78. The second kappa shape index (κ2) is 6.15. The van der Waals surface area contributed by atoms with Gasteiger partial charge in [-0.25, -0.2) is 4.79 Å². The number of nitrogens with two attached hydrogens (primary N) is 1. The summed E-state index contributed by atoms with van der Waals surface area (Å²) in [5.41, 5.74) is 6.95. The number of carbonyl (C=O) groups is 2. The molecule has 8 heteroatoms. The van der Waals surface area contributed by atoms with Gasteiger partial charge in [-0.3, -0.25) is 9.89 Å². The van der Waals surface area contributed by atoms with Crippen molar-refractivity contribution in [1.82, 2.24) is 10.2 Å². The molecular formula is C19H20N4O4. The smallest absolute Gasteiger partial charge is 0.341 e. The first-order chi connectivity index (χ1) is 13.0. The highest BCUT2D eigenvalue weighted by Crippen LogP contribution is 2.53. The summed E-state index contributed by atoms with van der Waals surface area (Å²) >= 11 is 0. The highest BCUT2D eigenvalue weighted by Gasteiger charge is 2.60. The van der Waals surface area contributed by atoms with Gasteiger partial charge in [-0.05, 0) is 19.4 Å². The molecule has 1 spiro atoms. The molecule has 2 aliphatic rings. The Labute approximate surface area is 155 Å². The first-order valence-corrected chi connectivity index (χ1v) is 8.83. The molecule has 27 heavy (non-hydrogen) atoms. The molecule has 1 amide bonds. The minimum Gasteiger partial charge on any atom is -0.462 e. The average molecular weight is 368 g/mol. The molecule has 2 aromatic rings. The molecular weight excluding hydrogens is 348 g/mol. The minimum absolute atomic E-state index is 0.0157. The zero-order chi connectivity index (χ0) is 19.2. The summed E-state index contributed by atoms with van der Waals surface area (Å²) < 4.78 is 11.0. The first kappa shape index (κ1) is 17.1. The van der Waals surface area contributed by atoms with Crippen molar-refractivity contribution in [3.8, 4) is 5.88 Å². The van der Waals surface area contributed by atoms with Crippen molar-refractivity contribution < 1.29 is 19.1 Å². The Bertz CT molecular complexity index is 978. The largest absolute Gasteiger partial charge is 0.462 e. The highest BCUT2D eigenvalue weighted by molar-refractivity contribution is 6.17. The van der Waals surface area contributed by atoms with Crippen LogP contribution in [0.25, 0.3) is 0 Å². The lowest BCUT2D eigenvalue weighted by atomic mass is 9.68. The summed E-state index contributed by atoms with van der Waals surface area (Å²) in [6, 6.07) is 7.19. The molecule has 4 rings (SSSR count). The second-order valence-corrected chi connectivity index (χ2v) is 6.61. The van der Waals surface area contributed by atoms with Gasteiger partial charge in [0.2, 0.25) is 17.7 Å². The molecule has 0 radical (unpaired) electrons. The molecule has 1 atom stereocenters. The lowest BCUT2D eigenvalue weighted by Gasteiger charge is -2.33. The van der Waals surface area contributed by atoms with Crippen LogP contribution in [-0.4, -0.2) is 28.7 Å². The van der Waals surface area contributed by atoms with Crippen molar-refractivity contribution in [2.24, 2.45) is 5.73 Å². The number of nitrogens with one attached hydrogen (secondary N) is 2. The van der Waals surface area contributed by atoms with E-state index >= 15 is 0 Å². The average Bonchev–Trinajstić information content (AvgIpc) is 3.14. The Kier molecular flexibility index (Phi) is 3.91. The van der Waals surface area contributed by atoms with Gasteiger partial charge in [0, 0.05) is 16.9 Å². The van der Waals surface area contributed by atoms with Gasteiger partial charge in [0.05, 0.1) is 12.2 Å². The molecule has 1 aromatic heterocycles. The topological polar surface area (TPSA) is 119 Å². The van der Waals surface area contributed by atoms with E-state index in [2.05, 4.69) is 15.5 Å². The third-order valence-corrected chi connectivity index (χ3v) is 4.97. The lowest BCUT2D eigenvalue weighted by Crippen LogP contribution is -2.46. The Morgan fingerprint density at radius 1 is 1.37 bits per heavy atom. The van der Waals surface area contributed by atoms with Gasteiger partial charge in [-0.15, -0.1) is 5.10 Å². The molecule has 0 saturated carbocycles. The molecule has 8 nitrogen and oxygen atoms in total. The van der Waals surface area contributed by atoms with Crippen molar-refractivity contribution >= 4 is 17.6 Å². The number of esters is 1. The zero-order valence-corrected chi connectivity index (χ0v) is 15.1. The monoisotopic (exact) mass is 368 g/mol. The molecule has 3 heterocycles. The van der Waals surface area contributed by atoms with Gasteiger partial charge in [0.15, 0.2) is 0 Å². The number of benzene rings is 1. The number of aromatic amines is 1. The van der Waals surface area contributed by atoms with E-state index in [4.69, 9.17) is 15.2 Å². The van der Waals surface area contributed by atoms with Gasteiger partial charge >= 0.3 is 5.97 Å². The number of H-pyrrole nitrogens is 1. The third kappa shape index (κ3) is 2.26. The summed E-state index contributed by atoms with van der Waals surface area (Å²) in [6.07, 6.45) is 1.59. The number of anilines is 1. The molecule has 2 aliphatic heterocycles. The number of hydrogen-bond donors (Lipinski definition) is 3. The van der Waals surface area contributed by atoms with Crippen molar-refractivity contribution in [2.75, 3.05) is 11.9 Å². The molecule has 4 N–H and O–H groups in total. The van der Waals surface area contributed by atoms with E-state index in [1.54, 1.807) is 19.1 Å². The number of ether oxygens (including phenoxy) is 2. The van der Waals surface area contributed by atoms with Crippen LogP contribution in [0.5, 0.6) is 5.88 Å². The van der Waals surface area contributed by atoms with Crippen LogP contribution >= 0.6 is 0 Å². The van der Waals surface area contributed by atoms with Crippen LogP contribution < -0.4 is 15.8 Å². The number of para-hydroxylation sites is 1. The normalized spacial score (nSPS) is 20.1. The lowest BCUT2D eigenvalue weighted by molar-refractivity contribution is -0.141. The third-order valence-electron chi connectivity index (χ3n) is 4.97. The predicted molar refractivity (Wildman–Crippen MR) is 96.9 cm³/mol. The van der Waals surface area contributed by atoms with Gasteiger partial charge < -0.3 is 20.5 Å². The molecule has 0 saturated heterocycles. The van der Waals surface area contributed by atoms with E-state index in [9.17, 15) is 9.59 Å². The number of nitrogens with zero attached hydrogens (tertiary/aromatic N) is 1. The zero-order valence-electron chi connectivity index (χ0n) is 15.1. The number of fused-ring (bicyclic) bond motifs is 4. The van der Waals surface area contributed by atoms with Crippen molar-refractivity contribution in [3.63, 3.8) is 0 Å². The van der Waals surface area contributed by atoms with Crippen LogP contribution in [0.15, 0.2) is 35.7 Å². The van der Waals surface area contributed by atoms with Crippen LogP contribution in [-0.2, 0) is 19.7 Å². The van der Waals surface area contributed by atoms with Crippen molar-refractivity contribution in [2.45, 2.75) is 32.1 Å². The van der Waals surface area contributed by atoms with Crippen LogP contribution in [0.4, 0.5) is 5.69 Å². The fourth-order valence-corrected chi connectivity index (χ4v) is 3.78. The number of rotatable bonds is 4. The van der Waals surface area contributed by atoms with Crippen molar-refractivity contribution in [1.29, 1.82) is 0 Å². The standard InChI is InChI=1S/C19H20N4O4/c1-3-4-9-26-17(24)14-15(20)27-16-13(10(2)22-23-16)19(14)11-7-5-6-8-12(11)21-18(19)25/h5-8H,3-4,9,20H2,1-2H3,(H,21,25)(H,22,23). The molecule has 0 bridgehead atoms. The molecule has 1 unspecified atom stereocenters. The Morgan fingerprint density at radius 3 is 2.93 bits per heavy atom. The van der Waals surface area contributed by atoms with Crippen molar-refractivity contribution in [3.05, 3.63) is 52.5 Å². The number of amides is 1. The Hall–Kier alpha value is -3.29. The van der Waals surface area contributed by atoms with Crippen LogP contribution in [0, 0.1) is 6.92 Å². The summed E-state index contributed by atoms with van der Waals surface area (Å²) in [4.78, 5) is 26.3. The maximum atomic E-state index is 13.3. The van der Waals surface area contributed by atoms with E-state index in [1.807, 2.05) is 19.1 Å². The molecule has 140 valence electrons. The summed E-state index contributed by atoms with van der Waals surface area (Å²) in [6.45, 7) is 4.00. The van der Waals surface area contributed by atoms with Gasteiger partial charge in [-0.2, -0.15) is 0 Å². The summed E-state index contributed by atoms with van der Waals surface area (Å²) in [7, 11) is 0. The fraction of sp³-hybridized carbons (Fsp3) is 0.316. The van der Waals surface area contributed by atoms with Crippen LogP contribution in [0.1, 0.15) is 36.6 Å². The molecule has 0 fully saturated rings. The first-order valence-electron chi connectivity index (χ1n) is 8.83. The van der Waals surface area contributed by atoms with E-state index in [-0.39, 0.29) is 29.9 Å². The maximum Gasteiger partial charge on any atom is 0.341 e. The highest BCUT2D eigenvalue weighted by atomic mass is 16.5. The number of hydrogen-bond acceptors (Lipinski definition) is 6. The van der Waals surface area contributed by atoms with Gasteiger partial charge in [0.25, 0.3) is 0 Å². The number of carbonyl (C=O) groups excluding carboxylic acids is 2. The van der Waals surface area contributed by atoms with E-state index in [1.165, 1.54) is 0 Å². The van der Waals surface area contributed by atoms with E-state index in [0.29, 0.717) is 28.9 Å². The van der Waals surface area contributed by atoms with Crippen LogP contribution in [0.2, 0.25) is 0 Å². The van der Waals surface area contributed by atoms with Gasteiger partial charge in [0.1, 0.15) is 11.0 Å². The van der Waals surface area contributed by atoms with Crippen LogP contribution in [0.3, 0.4) is 0 Å². The second-order valence-electron chi connectivity index (χ2n) is 6.61. The Morgan fingerprint density at radius 2 is 2.15 bits per heavy atom. The maximum absolute atomic E-state index is 13.3. The summed E-state index contributed by atoms with van der Waals surface area (Å²) in [5.74, 6) is -1.05. The number of aromatic nitrogens is 2. The van der Waals surface area contributed by atoms with Gasteiger partial charge in [-0.1, -0.05) is 31.5 Å². The molecule has 0 aliphatic carbocycles. The number of unbranched alkanes of at least 4 members (excludes halogenated alkanes) is 1. The Balaban J connectivity index is 1.96. The molecule has 1 aromatic carbocycles. The quantitative estimate of drug-likeness (QED) is 0.560. The number of aryl methyl sites for hydroxylation is 1. The summed E-state index contributed by atoms with van der Waals surface area (Å²) in [5, 5.41) is 9.79. The minimum atomic E-state index is -1.46. The van der Waals surface area contributed by atoms with E-state index in [0.717, 1.165) is 6.42 Å². The predicted octanol–water partition coefficient (Wildman–Crippen LogP) is 1.86. The SMILES string of the molecule is CCCCOC(=O)C1=C(N)Oc2n[nH]c(C)c2C12C(=O)Nc1ccccc12. The van der Waals surface area contributed by atoms with E-state index < -0.39 is 11.4 Å².